The Kier molecular flexibility index (Phi) is 2.92. The van der Waals surface area contributed by atoms with Crippen molar-refractivity contribution in [2.75, 3.05) is 0 Å². The van der Waals surface area contributed by atoms with Crippen LogP contribution in [0.15, 0.2) is 66.7 Å². The first kappa shape index (κ1) is 14.2. The second-order valence-electron chi connectivity index (χ2n) is 6.56. The molecule has 2 aromatic heterocycles. The molecule has 0 atom stereocenters. The maximum Gasteiger partial charge on any atom is 0.169 e. The van der Waals surface area contributed by atoms with Gasteiger partial charge in [0, 0.05) is 16.3 Å². The fourth-order valence-corrected chi connectivity index (χ4v) is 3.67. The van der Waals surface area contributed by atoms with E-state index in [0.29, 0.717) is 0 Å². The molecule has 0 amide bonds. The molecule has 25 heavy (non-hydrogen) atoms. The van der Waals surface area contributed by atoms with Gasteiger partial charge in [0.05, 0.1) is 5.52 Å². The molecule has 0 bridgehead atoms. The van der Waals surface area contributed by atoms with Crippen LogP contribution in [0.3, 0.4) is 0 Å². The van der Waals surface area contributed by atoms with E-state index in [2.05, 4.69) is 95.2 Å². The lowest BCUT2D eigenvalue weighted by Crippen LogP contribution is -1.95. The van der Waals surface area contributed by atoms with E-state index < -0.39 is 0 Å². The highest BCUT2D eigenvalue weighted by molar-refractivity contribution is 6.13. The summed E-state index contributed by atoms with van der Waals surface area (Å²) >= 11 is 0. The third-order valence-corrected chi connectivity index (χ3v) is 4.90. The number of para-hydroxylation sites is 1. The van der Waals surface area contributed by atoms with E-state index in [1.165, 1.54) is 21.9 Å². The molecule has 3 nitrogen and oxygen atoms in total. The summed E-state index contributed by atoms with van der Waals surface area (Å²) in [5.74, 6) is 0.884. The highest BCUT2D eigenvalue weighted by atomic mass is 15.2. The van der Waals surface area contributed by atoms with Gasteiger partial charge in [-0.3, -0.25) is 4.40 Å². The van der Waals surface area contributed by atoms with Crippen LogP contribution < -0.4 is 0 Å². The molecule has 0 fully saturated rings. The molecule has 5 rings (SSSR count). The predicted molar refractivity (Wildman–Crippen MR) is 103 cm³/mol. The number of hydrogen-bond acceptors (Lipinski definition) is 2. The standard InChI is InChI=1S/C22H17N3/c1-14-10-12-16(13-11-14)21-23-24-22-18-8-5-6-15(2)20(18)17-7-3-4-9-19(17)25(21)22/h3-13H,1-2H3. The van der Waals surface area contributed by atoms with Crippen LogP contribution in [0, 0.1) is 13.8 Å². The lowest BCUT2D eigenvalue weighted by atomic mass is 10.0. The Labute approximate surface area is 145 Å². The molecular formula is C22H17N3. The van der Waals surface area contributed by atoms with Gasteiger partial charge < -0.3 is 0 Å². The molecule has 0 radical (unpaired) electrons. The SMILES string of the molecule is Cc1ccc(-c2nnc3c4cccc(C)c4c4ccccc4n23)cc1. The molecule has 120 valence electrons. The molecule has 5 aromatic rings. The summed E-state index contributed by atoms with van der Waals surface area (Å²) in [6.07, 6.45) is 0. The summed E-state index contributed by atoms with van der Waals surface area (Å²) in [4.78, 5) is 0. The largest absolute Gasteiger partial charge is 0.274 e. The highest BCUT2D eigenvalue weighted by Crippen LogP contribution is 2.33. The summed E-state index contributed by atoms with van der Waals surface area (Å²) in [7, 11) is 0. The summed E-state index contributed by atoms with van der Waals surface area (Å²) in [5.41, 5.74) is 5.63. The van der Waals surface area contributed by atoms with Crippen LogP contribution in [-0.2, 0) is 0 Å². The fraction of sp³-hybridized carbons (Fsp3) is 0.0909. The number of pyridine rings is 1. The third kappa shape index (κ3) is 1.99. The third-order valence-electron chi connectivity index (χ3n) is 4.90. The second-order valence-corrected chi connectivity index (χ2v) is 6.56. The van der Waals surface area contributed by atoms with E-state index in [-0.39, 0.29) is 0 Å². The van der Waals surface area contributed by atoms with E-state index in [0.717, 1.165) is 27.9 Å². The normalized spacial score (nSPS) is 11.6. The lowest BCUT2D eigenvalue weighted by Gasteiger charge is -2.11. The van der Waals surface area contributed by atoms with Crippen molar-refractivity contribution < 1.29 is 0 Å². The number of rotatable bonds is 1. The van der Waals surface area contributed by atoms with E-state index >= 15 is 0 Å². The minimum Gasteiger partial charge on any atom is -0.274 e. The number of hydrogen-bond donors (Lipinski definition) is 0. The van der Waals surface area contributed by atoms with Crippen molar-refractivity contribution in [3.8, 4) is 11.4 Å². The molecule has 0 spiro atoms. The van der Waals surface area contributed by atoms with E-state index in [1.807, 2.05) is 0 Å². The quantitative estimate of drug-likeness (QED) is 0.391. The van der Waals surface area contributed by atoms with E-state index in [4.69, 9.17) is 0 Å². The topological polar surface area (TPSA) is 30.2 Å². The van der Waals surface area contributed by atoms with Gasteiger partial charge in [-0.2, -0.15) is 0 Å². The average Bonchev–Trinajstić information content (AvgIpc) is 3.08. The zero-order valence-corrected chi connectivity index (χ0v) is 14.2. The van der Waals surface area contributed by atoms with Gasteiger partial charge in [-0.15, -0.1) is 10.2 Å². The van der Waals surface area contributed by atoms with E-state index in [9.17, 15) is 0 Å². The van der Waals surface area contributed by atoms with Gasteiger partial charge in [0.25, 0.3) is 0 Å². The van der Waals surface area contributed by atoms with Gasteiger partial charge in [0.15, 0.2) is 11.5 Å². The molecule has 2 heterocycles. The summed E-state index contributed by atoms with van der Waals surface area (Å²) in [6.45, 7) is 4.25. The number of aryl methyl sites for hydroxylation is 2. The van der Waals surface area contributed by atoms with Crippen LogP contribution in [0.4, 0.5) is 0 Å². The van der Waals surface area contributed by atoms with Crippen LogP contribution in [0.25, 0.3) is 38.7 Å². The van der Waals surface area contributed by atoms with Gasteiger partial charge in [0.1, 0.15) is 0 Å². The van der Waals surface area contributed by atoms with Gasteiger partial charge in [-0.25, -0.2) is 0 Å². The maximum absolute atomic E-state index is 4.55. The van der Waals surface area contributed by atoms with Crippen molar-refractivity contribution in [3.05, 3.63) is 77.9 Å². The zero-order valence-electron chi connectivity index (χ0n) is 14.2. The Hall–Kier alpha value is -3.20. The van der Waals surface area contributed by atoms with Crippen molar-refractivity contribution in [2.45, 2.75) is 13.8 Å². The Balaban J connectivity index is 2.02. The first-order valence-electron chi connectivity index (χ1n) is 8.46. The zero-order chi connectivity index (χ0) is 17.0. The van der Waals surface area contributed by atoms with Crippen molar-refractivity contribution in [3.63, 3.8) is 0 Å². The molecule has 0 N–H and O–H groups in total. The predicted octanol–water partition coefficient (Wildman–Crippen LogP) is 5.32. The molecule has 0 unspecified atom stereocenters. The minimum atomic E-state index is 0.884. The molecule has 3 heteroatoms. The fourth-order valence-electron chi connectivity index (χ4n) is 3.67. The number of aromatic nitrogens is 3. The molecule has 3 aromatic carbocycles. The first-order valence-corrected chi connectivity index (χ1v) is 8.46. The van der Waals surface area contributed by atoms with Crippen molar-refractivity contribution in [1.29, 1.82) is 0 Å². The summed E-state index contributed by atoms with van der Waals surface area (Å²) < 4.78 is 2.18. The molecule has 0 saturated carbocycles. The van der Waals surface area contributed by atoms with Gasteiger partial charge in [-0.1, -0.05) is 66.2 Å². The Morgan fingerprint density at radius 1 is 0.720 bits per heavy atom. The smallest absolute Gasteiger partial charge is 0.169 e. The number of nitrogens with zero attached hydrogens (tertiary/aromatic N) is 3. The number of fused-ring (bicyclic) bond motifs is 6. The van der Waals surface area contributed by atoms with Crippen LogP contribution in [0.2, 0.25) is 0 Å². The summed E-state index contributed by atoms with van der Waals surface area (Å²) in [5, 5.41) is 12.7. The molecular weight excluding hydrogens is 306 g/mol. The van der Waals surface area contributed by atoms with Gasteiger partial charge in [0.2, 0.25) is 0 Å². The molecule has 0 aliphatic heterocycles. The lowest BCUT2D eigenvalue weighted by molar-refractivity contribution is 1.12. The maximum atomic E-state index is 4.55. The Bertz CT molecular complexity index is 1250. The monoisotopic (exact) mass is 323 g/mol. The molecule has 0 aliphatic carbocycles. The molecule has 0 aliphatic rings. The van der Waals surface area contributed by atoms with Crippen molar-refractivity contribution >= 4 is 27.3 Å². The first-order chi connectivity index (χ1) is 12.2. The second kappa shape index (κ2) is 5.15. The van der Waals surface area contributed by atoms with Gasteiger partial charge in [-0.05, 0) is 30.9 Å². The van der Waals surface area contributed by atoms with Gasteiger partial charge >= 0.3 is 0 Å². The Morgan fingerprint density at radius 3 is 2.32 bits per heavy atom. The minimum absolute atomic E-state index is 0.884. The van der Waals surface area contributed by atoms with Crippen LogP contribution in [0.1, 0.15) is 11.1 Å². The average molecular weight is 323 g/mol. The Morgan fingerprint density at radius 2 is 1.48 bits per heavy atom. The number of benzene rings is 3. The van der Waals surface area contributed by atoms with Crippen LogP contribution >= 0.6 is 0 Å². The van der Waals surface area contributed by atoms with Crippen LogP contribution in [0.5, 0.6) is 0 Å². The highest BCUT2D eigenvalue weighted by Gasteiger charge is 2.16. The van der Waals surface area contributed by atoms with Crippen molar-refractivity contribution in [2.24, 2.45) is 0 Å². The van der Waals surface area contributed by atoms with Crippen LogP contribution in [-0.4, -0.2) is 14.6 Å². The van der Waals surface area contributed by atoms with E-state index in [1.54, 1.807) is 0 Å². The van der Waals surface area contributed by atoms with Crippen molar-refractivity contribution in [1.82, 2.24) is 14.6 Å². The molecule has 0 saturated heterocycles. The summed E-state index contributed by atoms with van der Waals surface area (Å²) in [6, 6.07) is 23.3.